The lowest BCUT2D eigenvalue weighted by atomic mass is 10.0. The molecule has 1 atom stereocenters. The van der Waals surface area contributed by atoms with Crippen LogP contribution < -0.4 is 5.73 Å². The lowest BCUT2D eigenvalue weighted by Gasteiger charge is -2.10. The molecule has 0 aliphatic heterocycles. The van der Waals surface area contributed by atoms with Crippen molar-refractivity contribution in [3.8, 4) is 0 Å². The van der Waals surface area contributed by atoms with E-state index in [0.717, 1.165) is 3.79 Å². The molecule has 2 rings (SSSR count). The molecular weight excluding hydrogens is 260 g/mol. The van der Waals surface area contributed by atoms with Crippen LogP contribution in [-0.2, 0) is 0 Å². The molecule has 74 valence electrons. The average Bonchev–Trinajstić information content (AvgIpc) is 2.79. The predicted octanol–water partition coefficient (Wildman–Crippen LogP) is 2.93. The van der Waals surface area contributed by atoms with Crippen LogP contribution >= 0.6 is 27.3 Å². The van der Waals surface area contributed by atoms with Gasteiger partial charge in [0.25, 0.3) is 0 Å². The molecule has 2 aromatic rings. The van der Waals surface area contributed by atoms with Crippen molar-refractivity contribution in [2.45, 2.75) is 5.92 Å². The van der Waals surface area contributed by atoms with E-state index in [2.05, 4.69) is 39.1 Å². The molecule has 0 saturated heterocycles. The first-order chi connectivity index (χ1) is 6.81. The maximum Gasteiger partial charge on any atom is 0.0701 e. The molecule has 2 heterocycles. The van der Waals surface area contributed by atoms with Crippen molar-refractivity contribution < 1.29 is 0 Å². The summed E-state index contributed by atoms with van der Waals surface area (Å²) < 4.78 is 1.15. The average molecular weight is 271 g/mol. The van der Waals surface area contributed by atoms with Crippen molar-refractivity contribution in [3.63, 3.8) is 0 Å². The predicted molar refractivity (Wildman–Crippen MR) is 63.7 cm³/mol. The number of nitrogens with two attached hydrogens (primary N) is 1. The third-order valence-electron chi connectivity index (χ3n) is 2.20. The molecule has 0 spiro atoms. The van der Waals surface area contributed by atoms with E-state index in [1.54, 1.807) is 11.3 Å². The Balaban J connectivity index is 2.31. The number of hydrogen-bond acceptors (Lipinski definition) is 2. The molecule has 0 aliphatic carbocycles. The molecular formula is C10H11BrN2S. The smallest absolute Gasteiger partial charge is 0.0701 e. The lowest BCUT2D eigenvalue weighted by Crippen LogP contribution is -2.11. The molecule has 2 aromatic heterocycles. The molecule has 0 aromatic carbocycles. The van der Waals surface area contributed by atoms with Gasteiger partial charge in [0.15, 0.2) is 0 Å². The summed E-state index contributed by atoms with van der Waals surface area (Å²) in [6.45, 7) is 0.644. The molecule has 0 radical (unpaired) electrons. The number of thiophene rings is 1. The second-order valence-corrected chi connectivity index (χ2v) is 5.57. The van der Waals surface area contributed by atoms with E-state index in [9.17, 15) is 0 Å². The fraction of sp³-hybridized carbons (Fsp3) is 0.200. The van der Waals surface area contributed by atoms with Crippen molar-refractivity contribution in [1.29, 1.82) is 0 Å². The fourth-order valence-electron chi connectivity index (χ4n) is 1.49. The number of aromatic amines is 1. The Hall–Kier alpha value is -0.580. The first-order valence-corrected chi connectivity index (χ1v) is 6.00. The topological polar surface area (TPSA) is 41.8 Å². The highest BCUT2D eigenvalue weighted by Gasteiger charge is 2.14. The van der Waals surface area contributed by atoms with Gasteiger partial charge in [0.1, 0.15) is 0 Å². The van der Waals surface area contributed by atoms with Gasteiger partial charge in [0, 0.05) is 29.7 Å². The lowest BCUT2D eigenvalue weighted by molar-refractivity contribution is 0.837. The van der Waals surface area contributed by atoms with Crippen LogP contribution in [0, 0.1) is 0 Å². The van der Waals surface area contributed by atoms with E-state index in [1.807, 2.05) is 12.4 Å². The van der Waals surface area contributed by atoms with Gasteiger partial charge in [-0.2, -0.15) is 0 Å². The molecule has 4 heteroatoms. The van der Waals surface area contributed by atoms with Gasteiger partial charge in [-0.25, -0.2) is 0 Å². The van der Waals surface area contributed by atoms with Crippen molar-refractivity contribution in [2.24, 2.45) is 5.73 Å². The molecule has 14 heavy (non-hydrogen) atoms. The highest BCUT2D eigenvalue weighted by atomic mass is 79.9. The molecule has 1 unspecified atom stereocenters. The SMILES string of the molecule is NCC(c1cc[nH]c1)c1ccc(Br)s1. The summed E-state index contributed by atoms with van der Waals surface area (Å²) in [5, 5.41) is 0. The Morgan fingerprint density at radius 1 is 1.43 bits per heavy atom. The monoisotopic (exact) mass is 270 g/mol. The fourth-order valence-corrected chi connectivity index (χ4v) is 3.05. The zero-order valence-electron chi connectivity index (χ0n) is 7.53. The normalized spacial score (nSPS) is 13.0. The van der Waals surface area contributed by atoms with Gasteiger partial charge in [-0.05, 0) is 39.7 Å². The maximum absolute atomic E-state index is 5.78. The summed E-state index contributed by atoms with van der Waals surface area (Å²) in [5.74, 6) is 0.317. The standard InChI is InChI=1S/C10H11BrN2S/c11-10-2-1-9(14-10)8(5-12)7-3-4-13-6-7/h1-4,6,8,13H,5,12H2. The Labute approximate surface area is 95.3 Å². The quantitative estimate of drug-likeness (QED) is 0.885. The zero-order chi connectivity index (χ0) is 9.97. The van der Waals surface area contributed by atoms with Crippen LogP contribution in [0.2, 0.25) is 0 Å². The summed E-state index contributed by atoms with van der Waals surface area (Å²) in [6, 6.07) is 6.26. The first kappa shape index (κ1) is 9.96. The summed E-state index contributed by atoms with van der Waals surface area (Å²) in [5.41, 5.74) is 7.03. The Kier molecular flexibility index (Phi) is 3.05. The van der Waals surface area contributed by atoms with Gasteiger partial charge in [0.05, 0.1) is 3.79 Å². The molecule has 0 saturated carbocycles. The number of halogens is 1. The van der Waals surface area contributed by atoms with Crippen molar-refractivity contribution >= 4 is 27.3 Å². The molecule has 2 nitrogen and oxygen atoms in total. The van der Waals surface area contributed by atoms with E-state index in [-0.39, 0.29) is 0 Å². The second kappa shape index (κ2) is 4.29. The minimum atomic E-state index is 0.317. The Bertz CT molecular complexity index is 394. The molecule has 0 aliphatic rings. The van der Waals surface area contributed by atoms with E-state index in [1.165, 1.54) is 10.4 Å². The Morgan fingerprint density at radius 3 is 2.79 bits per heavy atom. The summed E-state index contributed by atoms with van der Waals surface area (Å²) >= 11 is 5.20. The maximum atomic E-state index is 5.78. The van der Waals surface area contributed by atoms with Crippen LogP contribution in [-0.4, -0.2) is 11.5 Å². The number of aromatic nitrogens is 1. The highest BCUT2D eigenvalue weighted by Crippen LogP contribution is 2.31. The van der Waals surface area contributed by atoms with E-state index >= 15 is 0 Å². The van der Waals surface area contributed by atoms with E-state index in [4.69, 9.17) is 5.73 Å². The molecule has 0 fully saturated rings. The first-order valence-electron chi connectivity index (χ1n) is 4.39. The number of nitrogens with one attached hydrogen (secondary N) is 1. The Morgan fingerprint density at radius 2 is 2.29 bits per heavy atom. The molecule has 0 amide bonds. The van der Waals surface area contributed by atoms with Gasteiger partial charge < -0.3 is 10.7 Å². The van der Waals surface area contributed by atoms with Gasteiger partial charge in [-0.15, -0.1) is 11.3 Å². The summed E-state index contributed by atoms with van der Waals surface area (Å²) in [6.07, 6.45) is 3.94. The largest absolute Gasteiger partial charge is 0.367 e. The number of H-pyrrole nitrogens is 1. The van der Waals surface area contributed by atoms with E-state index in [0.29, 0.717) is 12.5 Å². The van der Waals surface area contributed by atoms with Crippen LogP contribution in [0.15, 0.2) is 34.4 Å². The van der Waals surface area contributed by atoms with Gasteiger partial charge in [0.2, 0.25) is 0 Å². The number of hydrogen-bond donors (Lipinski definition) is 2. The van der Waals surface area contributed by atoms with Crippen LogP contribution in [0.1, 0.15) is 16.4 Å². The van der Waals surface area contributed by atoms with Gasteiger partial charge in [-0.3, -0.25) is 0 Å². The van der Waals surface area contributed by atoms with Gasteiger partial charge >= 0.3 is 0 Å². The van der Waals surface area contributed by atoms with Crippen molar-refractivity contribution in [2.75, 3.05) is 6.54 Å². The summed E-state index contributed by atoms with van der Waals surface area (Å²) in [7, 11) is 0. The van der Waals surface area contributed by atoms with Crippen LogP contribution in [0.5, 0.6) is 0 Å². The van der Waals surface area contributed by atoms with Crippen LogP contribution in [0.4, 0.5) is 0 Å². The van der Waals surface area contributed by atoms with E-state index < -0.39 is 0 Å². The summed E-state index contributed by atoms with van der Waals surface area (Å²) in [4.78, 5) is 4.36. The third kappa shape index (κ3) is 1.92. The minimum Gasteiger partial charge on any atom is -0.367 e. The highest BCUT2D eigenvalue weighted by molar-refractivity contribution is 9.11. The minimum absolute atomic E-state index is 0.317. The number of rotatable bonds is 3. The van der Waals surface area contributed by atoms with Crippen LogP contribution in [0.25, 0.3) is 0 Å². The third-order valence-corrected chi connectivity index (χ3v) is 3.93. The van der Waals surface area contributed by atoms with Crippen molar-refractivity contribution in [3.05, 3.63) is 44.8 Å². The van der Waals surface area contributed by atoms with Gasteiger partial charge in [-0.1, -0.05) is 0 Å². The van der Waals surface area contributed by atoms with Crippen molar-refractivity contribution in [1.82, 2.24) is 4.98 Å². The zero-order valence-corrected chi connectivity index (χ0v) is 9.94. The molecule has 0 bridgehead atoms. The molecule has 3 N–H and O–H groups in total. The van der Waals surface area contributed by atoms with Crippen LogP contribution in [0.3, 0.4) is 0 Å². The second-order valence-electron chi connectivity index (χ2n) is 3.07.